The van der Waals surface area contributed by atoms with Crippen LogP contribution in [0.3, 0.4) is 0 Å². The topological polar surface area (TPSA) is 275 Å². The van der Waals surface area contributed by atoms with Crippen molar-refractivity contribution in [3.63, 3.8) is 0 Å². The van der Waals surface area contributed by atoms with E-state index in [1.54, 1.807) is 48.5 Å². The van der Waals surface area contributed by atoms with Gasteiger partial charge in [0.1, 0.15) is 42.4 Å². The van der Waals surface area contributed by atoms with Crippen molar-refractivity contribution in [3.05, 3.63) is 22.1 Å². The van der Waals surface area contributed by atoms with E-state index in [-0.39, 0.29) is 50.4 Å². The Morgan fingerprint density at radius 3 is 2.14 bits per heavy atom. The van der Waals surface area contributed by atoms with E-state index >= 15 is 0 Å². The third-order valence-electron chi connectivity index (χ3n) is 13.4. The number of ketones is 1. The molecule has 0 spiro atoms. The lowest BCUT2D eigenvalue weighted by Crippen LogP contribution is -2.61. The molecule has 0 saturated carbocycles. The van der Waals surface area contributed by atoms with Crippen molar-refractivity contribution in [2.24, 2.45) is 23.7 Å². The zero-order chi connectivity index (χ0) is 48.1. The summed E-state index contributed by atoms with van der Waals surface area (Å²) in [7, 11) is 5.18. The number of aliphatic hydroxyl groups is 6. The summed E-state index contributed by atoms with van der Waals surface area (Å²) in [4.78, 5) is 43.4. The van der Waals surface area contributed by atoms with Crippen molar-refractivity contribution in [2.75, 3.05) is 27.8 Å². The molecule has 0 unspecified atom stereocenters. The Morgan fingerprint density at radius 1 is 0.984 bits per heavy atom. The summed E-state index contributed by atoms with van der Waals surface area (Å²) >= 11 is 0. The number of likely N-dealkylation sites (N-methyl/N-ethyl adjacent to an activating group) is 1. The van der Waals surface area contributed by atoms with E-state index < -0.39 is 112 Å². The Morgan fingerprint density at radius 2 is 1.60 bits per heavy atom. The van der Waals surface area contributed by atoms with Crippen LogP contribution >= 0.6 is 0 Å². The summed E-state index contributed by atoms with van der Waals surface area (Å²) in [6, 6.07) is -0.324. The molecule has 0 radical (unpaired) electrons. The summed E-state index contributed by atoms with van der Waals surface area (Å²) in [6.45, 7) is 18.1. The molecule has 63 heavy (non-hydrogen) atoms. The summed E-state index contributed by atoms with van der Waals surface area (Å²) < 4.78 is 38.4. The van der Waals surface area contributed by atoms with Crippen LogP contribution in [0.4, 0.5) is 5.82 Å². The number of aliphatic hydroxyl groups excluding tert-OH is 4. The zero-order valence-electron chi connectivity index (χ0n) is 39.5. The van der Waals surface area contributed by atoms with E-state index in [0.29, 0.717) is 12.2 Å². The van der Waals surface area contributed by atoms with Gasteiger partial charge in [-0.3, -0.25) is 9.59 Å². The van der Waals surface area contributed by atoms with Crippen LogP contribution < -0.4 is 0 Å². The molecule has 20 heteroatoms. The van der Waals surface area contributed by atoms with Gasteiger partial charge in [-0.2, -0.15) is 0 Å². The van der Waals surface area contributed by atoms with Gasteiger partial charge >= 0.3 is 11.8 Å². The van der Waals surface area contributed by atoms with Gasteiger partial charge in [0, 0.05) is 44.2 Å². The van der Waals surface area contributed by atoms with Crippen LogP contribution in [0.1, 0.15) is 101 Å². The number of Topliss-reactive ketones (excluding diaryl/α,β-unsaturated/α-hetero) is 1. The van der Waals surface area contributed by atoms with Crippen molar-refractivity contribution >= 4 is 17.6 Å². The molecule has 0 aromatic carbocycles. The minimum absolute atomic E-state index is 0.0819. The predicted octanol–water partition coefficient (Wildman–Crippen LogP) is 1.88. The minimum Gasteiger partial charge on any atom is -0.459 e. The number of methoxy groups -OCH3 is 1. The lowest BCUT2D eigenvalue weighted by Gasteiger charge is -2.49. The molecule has 6 N–H and O–H groups in total. The third kappa shape index (κ3) is 12.6. The zero-order valence-corrected chi connectivity index (χ0v) is 39.5. The number of carbonyl (C=O) groups is 2. The number of ether oxygens (including phenoxy) is 6. The highest BCUT2D eigenvalue weighted by atomic mass is 16.7. The van der Waals surface area contributed by atoms with E-state index in [0.717, 1.165) is 0 Å². The van der Waals surface area contributed by atoms with Gasteiger partial charge in [0.25, 0.3) is 0 Å². The van der Waals surface area contributed by atoms with Gasteiger partial charge in [0.15, 0.2) is 18.4 Å². The number of rotatable bonds is 10. The van der Waals surface area contributed by atoms with Crippen molar-refractivity contribution in [1.29, 1.82) is 0 Å². The van der Waals surface area contributed by atoms with Gasteiger partial charge in [-0.05, 0) is 79.8 Å². The molecule has 4 rings (SSSR count). The van der Waals surface area contributed by atoms with Gasteiger partial charge in [-0.25, -0.2) is 9.55 Å². The summed E-state index contributed by atoms with van der Waals surface area (Å²) in [6.07, 6.45) is -8.52. The lowest BCUT2D eigenvalue weighted by atomic mass is 9.74. The number of hydrogen-bond acceptors (Lipinski definition) is 18. The maximum atomic E-state index is 14.1. The average Bonchev–Trinajstić information content (AvgIpc) is 3.58. The van der Waals surface area contributed by atoms with Crippen molar-refractivity contribution < 1.29 is 73.6 Å². The molecule has 3 saturated heterocycles. The van der Waals surface area contributed by atoms with Gasteiger partial charge in [0.2, 0.25) is 0 Å². The maximum absolute atomic E-state index is 14.1. The van der Waals surface area contributed by atoms with Crippen LogP contribution in [-0.2, 0) is 44.6 Å². The SMILES string of the molecule is CC[C@H]1OC(=O)[C@H](C)[C@@H](O[C@H]2C[C@@](C)(OC)[C@@H](O)[C@H](C)O2)[C@H](C)[C@@H](O[C@@H]2O[C@H](C)C[C@H](N(C)C)[C@H]2O)[C@](C)(O)C[C@@H](C)C(=O)[C@H](C)[C@@H](O)[C@]1(C)O.Cc1ncc([N+](=O)[O-])n1CCO. The molecule has 1 aromatic rings. The Hall–Kier alpha value is -2.73. The van der Waals surface area contributed by atoms with E-state index in [4.69, 9.17) is 33.5 Å². The second kappa shape index (κ2) is 22.2. The number of imidazole rings is 1. The fourth-order valence-corrected chi connectivity index (χ4v) is 9.39. The Labute approximate surface area is 371 Å². The minimum atomic E-state index is -1.99. The number of carbonyl (C=O) groups excluding carboxylic acids is 2. The number of hydrogen-bond donors (Lipinski definition) is 6. The molecule has 3 fully saturated rings. The highest BCUT2D eigenvalue weighted by molar-refractivity contribution is 5.83. The standard InChI is InChI=1S/C37H67NO13.C6H9N3O3/c1-14-25-37(10,45)30(41)20(4)27(39)18(2)16-35(8,44)32(51-34-28(40)24(38(11)12)15-19(3)47-34)21(5)29(22(6)33(43)49-25)50-26-17-36(9,46-13)31(42)23(7)48-26;1-5-7-4-6(9(11)12)8(5)2-3-10/h18-26,28-32,34,40-42,44-45H,14-17H2,1-13H3;4,10H,2-3H2,1H3/t18-,19-,20+,21+,22-,23+,24+,25-,26+,28-,29+,30-,31+,32-,34+,35-,36-,37-;/m1./s1. The number of esters is 1. The van der Waals surface area contributed by atoms with Gasteiger partial charge < -0.3 is 74.1 Å². The van der Waals surface area contributed by atoms with Crippen LogP contribution in [0.2, 0.25) is 0 Å². The molecular formula is C43H76N4O16. The van der Waals surface area contributed by atoms with Crippen LogP contribution in [-0.4, -0.2) is 174 Å². The largest absolute Gasteiger partial charge is 0.459 e. The molecule has 0 amide bonds. The Kier molecular flexibility index (Phi) is 19.2. The quantitative estimate of drug-likeness (QED) is 0.111. The van der Waals surface area contributed by atoms with E-state index in [9.17, 15) is 45.2 Å². The van der Waals surface area contributed by atoms with E-state index in [1.807, 2.05) is 25.9 Å². The van der Waals surface area contributed by atoms with Crippen LogP contribution in [0.15, 0.2) is 6.20 Å². The van der Waals surface area contributed by atoms with E-state index in [1.165, 1.54) is 38.6 Å². The van der Waals surface area contributed by atoms with Crippen molar-refractivity contribution in [3.8, 4) is 0 Å². The number of nitro groups is 1. The molecule has 18 atom stereocenters. The number of cyclic esters (lactones) is 1. The first-order valence-corrected chi connectivity index (χ1v) is 21.9. The number of nitrogens with zero attached hydrogens (tertiary/aromatic N) is 4. The highest BCUT2D eigenvalue weighted by Gasteiger charge is 2.53. The molecule has 0 aliphatic carbocycles. The highest BCUT2D eigenvalue weighted by Crippen LogP contribution is 2.41. The molecule has 3 aliphatic heterocycles. The fraction of sp³-hybridized carbons (Fsp3) is 0.884. The smallest absolute Gasteiger partial charge is 0.342 e. The second-order valence-electron chi connectivity index (χ2n) is 18.8. The first kappa shape index (κ1) is 54.6. The normalized spacial score (nSPS) is 42.2. The predicted molar refractivity (Wildman–Crippen MR) is 227 cm³/mol. The second-order valence-corrected chi connectivity index (χ2v) is 18.8. The van der Waals surface area contributed by atoms with Crippen LogP contribution in [0.25, 0.3) is 0 Å². The number of aryl methyl sites for hydroxylation is 1. The first-order chi connectivity index (χ1) is 29.1. The molecule has 4 heterocycles. The summed E-state index contributed by atoms with van der Waals surface area (Å²) in [5.41, 5.74) is -4.84. The maximum Gasteiger partial charge on any atom is 0.342 e. The summed E-state index contributed by atoms with van der Waals surface area (Å²) in [5, 5.41) is 76.6. The third-order valence-corrected chi connectivity index (χ3v) is 13.4. The molecule has 1 aromatic heterocycles. The average molecular weight is 905 g/mol. The number of aromatic nitrogens is 2. The Balaban J connectivity index is 0.000000756. The molecule has 364 valence electrons. The summed E-state index contributed by atoms with van der Waals surface area (Å²) in [5.74, 6) is -4.52. The van der Waals surface area contributed by atoms with Gasteiger partial charge in [0.05, 0.1) is 54.2 Å². The van der Waals surface area contributed by atoms with Crippen LogP contribution in [0, 0.1) is 40.7 Å². The molecule has 0 bridgehead atoms. The molecular weight excluding hydrogens is 828 g/mol. The van der Waals surface area contributed by atoms with Gasteiger partial charge in [-0.1, -0.05) is 27.7 Å². The van der Waals surface area contributed by atoms with Crippen LogP contribution in [0.5, 0.6) is 0 Å². The van der Waals surface area contributed by atoms with Crippen molar-refractivity contribution in [1.82, 2.24) is 14.5 Å². The first-order valence-electron chi connectivity index (χ1n) is 21.9. The lowest BCUT2D eigenvalue weighted by molar-refractivity contribution is -0.392. The fourth-order valence-electron chi connectivity index (χ4n) is 9.39. The molecule has 20 nitrogen and oxygen atoms in total. The Bertz CT molecular complexity index is 1660. The van der Waals surface area contributed by atoms with Crippen molar-refractivity contribution in [2.45, 2.75) is 193 Å². The monoisotopic (exact) mass is 905 g/mol. The molecule has 3 aliphatic rings. The van der Waals surface area contributed by atoms with E-state index in [2.05, 4.69) is 4.98 Å². The van der Waals surface area contributed by atoms with Gasteiger partial charge in [-0.15, -0.1) is 0 Å².